The molecular weight excluding hydrogens is 178 g/mol. The van der Waals surface area contributed by atoms with Crippen molar-refractivity contribution in [2.24, 2.45) is 5.92 Å². The summed E-state index contributed by atoms with van der Waals surface area (Å²) in [5.41, 5.74) is 0. The van der Waals surface area contributed by atoms with Gasteiger partial charge in [0.25, 0.3) is 0 Å². The van der Waals surface area contributed by atoms with Crippen LogP contribution < -0.4 is 5.32 Å². The molecule has 0 aliphatic carbocycles. The Hall–Kier alpha value is -0.120. The fourth-order valence-electron chi connectivity index (χ4n) is 1.48. The molecule has 0 aliphatic heterocycles. The first kappa shape index (κ1) is 13.9. The zero-order valence-electron chi connectivity index (χ0n) is 10.0. The third-order valence-corrected chi connectivity index (χ3v) is 2.21. The van der Waals surface area contributed by atoms with E-state index in [9.17, 15) is 0 Å². The summed E-state index contributed by atoms with van der Waals surface area (Å²) >= 11 is 0. The van der Waals surface area contributed by atoms with Gasteiger partial charge in [-0.15, -0.1) is 0 Å². The summed E-state index contributed by atoms with van der Waals surface area (Å²) < 4.78 is 10.6. The fraction of sp³-hybridized carbons (Fsp3) is 1.00. The van der Waals surface area contributed by atoms with Gasteiger partial charge >= 0.3 is 0 Å². The predicted octanol–water partition coefficient (Wildman–Crippen LogP) is 1.67. The quantitative estimate of drug-likeness (QED) is 0.578. The van der Waals surface area contributed by atoms with Gasteiger partial charge in [-0.3, -0.25) is 0 Å². The van der Waals surface area contributed by atoms with Gasteiger partial charge in [0.05, 0.1) is 6.61 Å². The van der Waals surface area contributed by atoms with Gasteiger partial charge in [-0.05, 0) is 25.8 Å². The normalized spacial score (nSPS) is 15.4. The molecule has 2 unspecified atom stereocenters. The van der Waals surface area contributed by atoms with E-state index in [2.05, 4.69) is 19.2 Å². The van der Waals surface area contributed by atoms with Crippen molar-refractivity contribution in [3.8, 4) is 0 Å². The van der Waals surface area contributed by atoms with E-state index in [1.54, 1.807) is 7.11 Å². The molecule has 3 heteroatoms. The molecule has 0 rings (SSSR count). The Kier molecular flexibility index (Phi) is 9.35. The average Bonchev–Trinajstić information content (AvgIpc) is 2.17. The fourth-order valence-corrected chi connectivity index (χ4v) is 1.48. The van der Waals surface area contributed by atoms with Crippen LogP contribution in [0.25, 0.3) is 0 Å². The van der Waals surface area contributed by atoms with E-state index < -0.39 is 0 Å². The van der Waals surface area contributed by atoms with Crippen molar-refractivity contribution in [3.63, 3.8) is 0 Å². The van der Waals surface area contributed by atoms with Gasteiger partial charge in [0, 0.05) is 26.4 Å². The minimum absolute atomic E-state index is 0.451. The molecule has 14 heavy (non-hydrogen) atoms. The molecule has 0 radical (unpaired) electrons. The van der Waals surface area contributed by atoms with Crippen molar-refractivity contribution < 1.29 is 9.47 Å². The topological polar surface area (TPSA) is 30.5 Å². The highest BCUT2D eigenvalue weighted by molar-refractivity contribution is 4.67. The van der Waals surface area contributed by atoms with E-state index in [1.807, 2.05) is 7.05 Å². The van der Waals surface area contributed by atoms with Gasteiger partial charge in [-0.2, -0.15) is 0 Å². The van der Waals surface area contributed by atoms with Crippen LogP contribution in [-0.2, 0) is 9.47 Å². The van der Waals surface area contributed by atoms with Crippen molar-refractivity contribution in [3.05, 3.63) is 0 Å². The van der Waals surface area contributed by atoms with Crippen molar-refractivity contribution >= 4 is 0 Å². The van der Waals surface area contributed by atoms with Gasteiger partial charge in [-0.1, -0.05) is 13.8 Å². The van der Waals surface area contributed by atoms with Crippen LogP contribution >= 0.6 is 0 Å². The lowest BCUT2D eigenvalue weighted by molar-refractivity contribution is 0.0952. The monoisotopic (exact) mass is 203 g/mol. The maximum absolute atomic E-state index is 5.51. The van der Waals surface area contributed by atoms with E-state index >= 15 is 0 Å². The first-order chi connectivity index (χ1) is 6.74. The summed E-state index contributed by atoms with van der Waals surface area (Å²) in [4.78, 5) is 0. The van der Waals surface area contributed by atoms with Crippen LogP contribution in [0.2, 0.25) is 0 Å². The molecule has 1 N–H and O–H groups in total. The summed E-state index contributed by atoms with van der Waals surface area (Å²) in [5.74, 6) is 0.586. The minimum atomic E-state index is 0.451. The summed E-state index contributed by atoms with van der Waals surface area (Å²) in [5, 5.41) is 3.27. The third kappa shape index (κ3) is 7.30. The van der Waals surface area contributed by atoms with Crippen LogP contribution in [0.3, 0.4) is 0 Å². The van der Waals surface area contributed by atoms with E-state index in [1.165, 1.54) is 0 Å². The Bertz CT molecular complexity index is 120. The highest BCUT2D eigenvalue weighted by Gasteiger charge is 2.11. The zero-order chi connectivity index (χ0) is 10.8. The first-order valence-electron chi connectivity index (χ1n) is 5.48. The lowest BCUT2D eigenvalue weighted by atomic mass is 10.0. The molecule has 0 aliphatic rings. The summed E-state index contributed by atoms with van der Waals surface area (Å²) in [6, 6.07) is 0.451. The maximum atomic E-state index is 5.51. The lowest BCUT2D eigenvalue weighted by Crippen LogP contribution is -2.33. The second kappa shape index (κ2) is 9.44. The Morgan fingerprint density at radius 1 is 1.29 bits per heavy atom. The number of hydrogen-bond acceptors (Lipinski definition) is 3. The molecule has 86 valence electrons. The van der Waals surface area contributed by atoms with Crippen molar-refractivity contribution in [2.75, 3.05) is 34.0 Å². The molecule has 0 saturated carbocycles. The highest BCUT2D eigenvalue weighted by Crippen LogP contribution is 2.06. The van der Waals surface area contributed by atoms with Crippen LogP contribution in [0.5, 0.6) is 0 Å². The molecule has 0 aromatic carbocycles. The number of hydrogen-bond donors (Lipinski definition) is 1. The molecular formula is C11H25NO2. The van der Waals surface area contributed by atoms with Crippen LogP contribution in [0.15, 0.2) is 0 Å². The molecule has 0 heterocycles. The van der Waals surface area contributed by atoms with Crippen molar-refractivity contribution in [2.45, 2.75) is 32.7 Å². The summed E-state index contributed by atoms with van der Waals surface area (Å²) in [6.45, 7) is 6.82. The Labute approximate surface area is 88.2 Å². The van der Waals surface area contributed by atoms with Crippen molar-refractivity contribution in [1.29, 1.82) is 0 Å². The van der Waals surface area contributed by atoms with Gasteiger partial charge < -0.3 is 14.8 Å². The molecule has 0 aromatic heterocycles. The third-order valence-electron chi connectivity index (χ3n) is 2.21. The van der Waals surface area contributed by atoms with Crippen LogP contribution in [0.1, 0.15) is 26.7 Å². The Morgan fingerprint density at radius 2 is 2.00 bits per heavy atom. The summed E-state index contributed by atoms with van der Waals surface area (Å²) in [6.07, 6.45) is 2.19. The van der Waals surface area contributed by atoms with E-state index in [0.29, 0.717) is 12.0 Å². The van der Waals surface area contributed by atoms with Gasteiger partial charge in [-0.25, -0.2) is 0 Å². The van der Waals surface area contributed by atoms with Gasteiger partial charge in [0.1, 0.15) is 0 Å². The lowest BCUT2D eigenvalue weighted by Gasteiger charge is -2.20. The van der Waals surface area contributed by atoms with Crippen LogP contribution in [-0.4, -0.2) is 40.0 Å². The largest absolute Gasteiger partial charge is 0.384 e. The molecule has 3 nitrogen and oxygen atoms in total. The van der Waals surface area contributed by atoms with E-state index in [-0.39, 0.29) is 0 Å². The highest BCUT2D eigenvalue weighted by atomic mass is 16.5. The molecule has 0 spiro atoms. The molecule has 0 saturated heterocycles. The van der Waals surface area contributed by atoms with Gasteiger partial charge in [0.15, 0.2) is 0 Å². The van der Waals surface area contributed by atoms with Crippen LogP contribution in [0.4, 0.5) is 0 Å². The number of rotatable bonds is 9. The maximum Gasteiger partial charge on any atom is 0.0619 e. The van der Waals surface area contributed by atoms with Gasteiger partial charge in [0.2, 0.25) is 0 Å². The van der Waals surface area contributed by atoms with Crippen LogP contribution in [0, 0.1) is 5.92 Å². The molecule has 0 aromatic rings. The average molecular weight is 203 g/mol. The SMILES string of the molecule is CCCOCC(CC(C)COC)NC. The minimum Gasteiger partial charge on any atom is -0.384 e. The second-order valence-electron chi connectivity index (χ2n) is 3.86. The summed E-state index contributed by atoms with van der Waals surface area (Å²) in [7, 11) is 3.73. The Balaban J connectivity index is 3.55. The smallest absolute Gasteiger partial charge is 0.0619 e. The second-order valence-corrected chi connectivity index (χ2v) is 3.86. The number of methoxy groups -OCH3 is 1. The molecule has 0 fully saturated rings. The zero-order valence-corrected chi connectivity index (χ0v) is 10.0. The van der Waals surface area contributed by atoms with E-state index in [4.69, 9.17) is 9.47 Å². The molecule has 0 amide bonds. The molecule has 2 atom stereocenters. The first-order valence-corrected chi connectivity index (χ1v) is 5.48. The van der Waals surface area contributed by atoms with Crippen molar-refractivity contribution in [1.82, 2.24) is 5.32 Å². The standard InChI is InChI=1S/C11H25NO2/c1-5-6-14-9-11(12-3)7-10(2)8-13-4/h10-12H,5-9H2,1-4H3. The Morgan fingerprint density at radius 3 is 2.50 bits per heavy atom. The number of nitrogens with one attached hydrogen (secondary N) is 1. The number of ether oxygens (including phenoxy) is 2. The molecule has 0 bridgehead atoms. The van der Waals surface area contributed by atoms with E-state index in [0.717, 1.165) is 32.7 Å². The predicted molar refractivity (Wildman–Crippen MR) is 59.6 cm³/mol. The number of likely N-dealkylation sites (N-methyl/N-ethyl adjacent to an activating group) is 1.